The van der Waals surface area contributed by atoms with Crippen molar-refractivity contribution in [3.63, 3.8) is 0 Å². The molecular formula is C28H38O13. The molecule has 0 aromatic heterocycles. The fraction of sp³-hybridized carbons (Fsp3) is 0.750. The Labute approximate surface area is 237 Å². The molecule has 2 N–H and O–H groups in total. The van der Waals surface area contributed by atoms with Crippen molar-refractivity contribution in [2.75, 3.05) is 0 Å². The van der Waals surface area contributed by atoms with Gasteiger partial charge in [0, 0.05) is 40.0 Å². The predicted molar refractivity (Wildman–Crippen MR) is 135 cm³/mol. The van der Waals surface area contributed by atoms with Crippen molar-refractivity contribution < 1.29 is 62.6 Å². The van der Waals surface area contributed by atoms with E-state index >= 15 is 0 Å². The van der Waals surface area contributed by atoms with Crippen LogP contribution in [0.1, 0.15) is 61.8 Å². The highest BCUT2D eigenvalue weighted by Crippen LogP contribution is 2.66. The molecule has 13 nitrogen and oxygen atoms in total. The van der Waals surface area contributed by atoms with Crippen LogP contribution in [-0.4, -0.2) is 94.0 Å². The molecule has 41 heavy (non-hydrogen) atoms. The first-order valence-electron chi connectivity index (χ1n) is 13.6. The van der Waals surface area contributed by atoms with Crippen LogP contribution in [0.15, 0.2) is 11.6 Å². The number of carbonyl (C=O) groups is 5. The zero-order valence-electron chi connectivity index (χ0n) is 24.4. The number of epoxide rings is 1. The molecule has 1 saturated carbocycles. The Hall–Kier alpha value is -3.03. The lowest BCUT2D eigenvalue weighted by Crippen LogP contribution is -2.68. The second-order valence-electron chi connectivity index (χ2n) is 11.9. The van der Waals surface area contributed by atoms with Crippen LogP contribution in [0.4, 0.5) is 0 Å². The lowest BCUT2D eigenvalue weighted by Gasteiger charge is -2.57. The van der Waals surface area contributed by atoms with Crippen molar-refractivity contribution in [3.8, 4) is 0 Å². The average Bonchev–Trinajstić information content (AvgIpc) is 3.42. The summed E-state index contributed by atoms with van der Waals surface area (Å²) in [4.78, 5) is 63.0. The summed E-state index contributed by atoms with van der Waals surface area (Å²) >= 11 is 0. The molecule has 2 heterocycles. The molecule has 4 rings (SSSR count). The zero-order valence-corrected chi connectivity index (χ0v) is 24.4. The van der Waals surface area contributed by atoms with E-state index in [1.165, 1.54) is 26.8 Å². The number of hydrogen-bond donors (Lipinski definition) is 2. The summed E-state index contributed by atoms with van der Waals surface area (Å²) in [5.74, 6) is -5.59. The molecule has 4 aliphatic rings. The number of aliphatic hydroxyl groups is 2. The number of esters is 5. The molecule has 228 valence electrons. The summed E-state index contributed by atoms with van der Waals surface area (Å²) in [6.07, 6.45) is -8.00. The lowest BCUT2D eigenvalue weighted by molar-refractivity contribution is -0.244. The summed E-state index contributed by atoms with van der Waals surface area (Å²) in [7, 11) is 0. The molecule has 2 saturated heterocycles. The maximum absolute atomic E-state index is 13.1. The van der Waals surface area contributed by atoms with Gasteiger partial charge in [0.2, 0.25) is 0 Å². The Balaban J connectivity index is 2.10. The van der Waals surface area contributed by atoms with Crippen LogP contribution in [0.5, 0.6) is 0 Å². The Bertz CT molecular complexity index is 1180. The van der Waals surface area contributed by atoms with Crippen LogP contribution < -0.4 is 0 Å². The van der Waals surface area contributed by atoms with Gasteiger partial charge in [0.05, 0.1) is 11.5 Å². The fourth-order valence-electron chi connectivity index (χ4n) is 7.31. The van der Waals surface area contributed by atoms with Crippen LogP contribution >= 0.6 is 0 Å². The van der Waals surface area contributed by atoms with E-state index in [2.05, 4.69) is 0 Å². The first-order valence-corrected chi connectivity index (χ1v) is 13.6. The van der Waals surface area contributed by atoms with Gasteiger partial charge in [-0.25, -0.2) is 4.79 Å². The molecule has 2 aliphatic heterocycles. The van der Waals surface area contributed by atoms with Crippen LogP contribution in [0.2, 0.25) is 0 Å². The van der Waals surface area contributed by atoms with Gasteiger partial charge in [-0.3, -0.25) is 19.2 Å². The van der Waals surface area contributed by atoms with Crippen molar-refractivity contribution in [1.82, 2.24) is 0 Å². The van der Waals surface area contributed by atoms with Gasteiger partial charge >= 0.3 is 29.8 Å². The van der Waals surface area contributed by atoms with Gasteiger partial charge in [-0.1, -0.05) is 13.8 Å². The molecule has 1 spiro atoms. The molecule has 0 amide bonds. The SMILES string of the molecule is CC(=O)OC1C=C(C)C(O)C2OC(=O)C3(C)OC23C(OC(C)=O)C2C(C)C(O)CC(OC(C)=O)C2(C)C1OC(C)=O. The second kappa shape index (κ2) is 10.4. The maximum atomic E-state index is 13.1. The van der Waals surface area contributed by atoms with E-state index in [0.29, 0.717) is 0 Å². The molecule has 3 fully saturated rings. The number of aliphatic hydroxyl groups excluding tert-OH is 2. The van der Waals surface area contributed by atoms with Crippen LogP contribution in [-0.2, 0) is 52.4 Å². The summed E-state index contributed by atoms with van der Waals surface area (Å²) in [6.45, 7) is 10.9. The van der Waals surface area contributed by atoms with Crippen LogP contribution in [0.3, 0.4) is 0 Å². The number of ether oxygens (including phenoxy) is 6. The molecule has 0 aromatic carbocycles. The number of carbonyl (C=O) groups excluding carboxylic acids is 5. The Morgan fingerprint density at radius 1 is 0.902 bits per heavy atom. The van der Waals surface area contributed by atoms with Crippen molar-refractivity contribution in [3.05, 3.63) is 11.6 Å². The van der Waals surface area contributed by atoms with E-state index in [9.17, 15) is 34.2 Å². The largest absolute Gasteiger partial charge is 0.462 e. The Morgan fingerprint density at radius 2 is 1.44 bits per heavy atom. The van der Waals surface area contributed by atoms with Gasteiger partial charge in [0.1, 0.15) is 18.3 Å². The summed E-state index contributed by atoms with van der Waals surface area (Å²) in [5.41, 5.74) is -4.71. The van der Waals surface area contributed by atoms with E-state index in [0.717, 1.165) is 20.8 Å². The normalized spacial score (nSPS) is 45.0. The smallest absolute Gasteiger partial charge is 0.342 e. The fourth-order valence-corrected chi connectivity index (χ4v) is 7.31. The van der Waals surface area contributed by atoms with Gasteiger partial charge in [-0.15, -0.1) is 0 Å². The summed E-state index contributed by atoms with van der Waals surface area (Å²) in [6, 6.07) is 0. The molecule has 2 aliphatic carbocycles. The quantitative estimate of drug-likeness (QED) is 0.202. The first kappa shape index (κ1) is 30.9. The van der Waals surface area contributed by atoms with Crippen molar-refractivity contribution in [2.24, 2.45) is 17.3 Å². The Morgan fingerprint density at radius 3 is 1.95 bits per heavy atom. The maximum Gasteiger partial charge on any atom is 0.342 e. The van der Waals surface area contributed by atoms with E-state index in [1.807, 2.05) is 0 Å². The minimum absolute atomic E-state index is 0.0968. The third-order valence-electron chi connectivity index (χ3n) is 9.20. The highest BCUT2D eigenvalue weighted by molar-refractivity contribution is 5.89. The minimum Gasteiger partial charge on any atom is -0.462 e. The van der Waals surface area contributed by atoms with E-state index < -0.39 is 101 Å². The monoisotopic (exact) mass is 582 g/mol. The van der Waals surface area contributed by atoms with Crippen LogP contribution in [0.25, 0.3) is 0 Å². The van der Waals surface area contributed by atoms with Gasteiger partial charge in [0.25, 0.3) is 0 Å². The van der Waals surface area contributed by atoms with Crippen molar-refractivity contribution in [2.45, 2.75) is 116 Å². The number of rotatable bonds is 4. The second-order valence-corrected chi connectivity index (χ2v) is 11.9. The predicted octanol–water partition coefficient (Wildman–Crippen LogP) is 0.510. The summed E-state index contributed by atoms with van der Waals surface area (Å²) < 4.78 is 34.9. The van der Waals surface area contributed by atoms with E-state index in [-0.39, 0.29) is 12.0 Å². The molecule has 0 bridgehead atoms. The molecular weight excluding hydrogens is 544 g/mol. The molecule has 0 aromatic rings. The van der Waals surface area contributed by atoms with Crippen LogP contribution in [0, 0.1) is 17.3 Å². The van der Waals surface area contributed by atoms with Gasteiger partial charge < -0.3 is 38.6 Å². The molecule has 12 atom stereocenters. The molecule has 13 heteroatoms. The summed E-state index contributed by atoms with van der Waals surface area (Å²) in [5, 5.41) is 22.7. The highest BCUT2D eigenvalue weighted by Gasteiger charge is 2.88. The Kier molecular flexibility index (Phi) is 7.81. The van der Waals surface area contributed by atoms with Gasteiger partial charge in [0.15, 0.2) is 29.5 Å². The number of hydrogen-bond acceptors (Lipinski definition) is 13. The number of fused-ring (bicyclic) bond motifs is 1. The minimum atomic E-state index is -1.72. The molecule has 0 radical (unpaired) electrons. The molecule has 12 unspecified atom stereocenters. The van der Waals surface area contributed by atoms with E-state index in [1.54, 1.807) is 13.8 Å². The zero-order chi connectivity index (χ0) is 30.8. The standard InChI is InChI=1S/C28H38O13/c1-11-9-18(36-13(3)29)22(38-15(5)31)26(7)19(37-14(4)30)10-17(33)12(2)20(26)23(39-16(6)32)28-24(21(11)34)40-25(35)27(28,8)41-28/h9,12,17-24,33-34H,10H2,1-8H3. The van der Waals surface area contributed by atoms with Crippen molar-refractivity contribution in [1.29, 1.82) is 0 Å². The third-order valence-corrected chi connectivity index (χ3v) is 9.20. The van der Waals surface area contributed by atoms with Gasteiger partial charge in [-0.05, 0) is 31.4 Å². The van der Waals surface area contributed by atoms with Gasteiger partial charge in [-0.2, -0.15) is 0 Å². The third kappa shape index (κ3) is 4.71. The van der Waals surface area contributed by atoms with Crippen molar-refractivity contribution >= 4 is 29.8 Å². The van der Waals surface area contributed by atoms with E-state index in [4.69, 9.17) is 28.4 Å². The lowest BCUT2D eigenvalue weighted by atomic mass is 9.53. The first-order chi connectivity index (χ1) is 18.9. The average molecular weight is 583 g/mol. The highest BCUT2D eigenvalue weighted by atomic mass is 16.7. The topological polar surface area (TPSA) is 184 Å².